The van der Waals surface area contributed by atoms with Crippen molar-refractivity contribution >= 4 is 11.7 Å². The topological polar surface area (TPSA) is 56.7 Å². The highest BCUT2D eigenvalue weighted by Crippen LogP contribution is 2.33. The number of hydrogen-bond donors (Lipinski definition) is 2. The number of benzene rings is 1. The zero-order chi connectivity index (χ0) is 15.6. The van der Waals surface area contributed by atoms with Crippen LogP contribution in [0.3, 0.4) is 0 Å². The van der Waals surface area contributed by atoms with E-state index in [1.807, 2.05) is 0 Å². The average Bonchev–Trinajstić information content (AvgIpc) is 2.38. The Morgan fingerprint density at radius 1 is 1.29 bits per heavy atom. The normalized spacial score (nSPS) is 15.5. The number of alkyl halides is 3. The van der Waals surface area contributed by atoms with E-state index in [4.69, 9.17) is 0 Å². The standard InChI is InChI=1S/C13H15F3N4O/c1-20(2)7-9-4-3-8(5-10(9)13(14,15)16)12-17-6-11(21)18-19-12/h3-5H,6-7H2,1-2H3,(H,17,19)(H,18,21). The number of rotatable bonds is 3. The SMILES string of the molecule is CN(C)Cc1ccc(C2=NCC(=O)NN2)cc1C(F)(F)F. The van der Waals surface area contributed by atoms with Gasteiger partial charge in [-0.2, -0.15) is 13.2 Å². The summed E-state index contributed by atoms with van der Waals surface area (Å²) in [5.74, 6) is -0.115. The van der Waals surface area contributed by atoms with Crippen LogP contribution < -0.4 is 10.9 Å². The van der Waals surface area contributed by atoms with E-state index in [0.717, 1.165) is 6.07 Å². The molecule has 1 aliphatic rings. The molecule has 1 aromatic rings. The van der Waals surface area contributed by atoms with Gasteiger partial charge >= 0.3 is 6.18 Å². The van der Waals surface area contributed by atoms with Gasteiger partial charge in [-0.1, -0.05) is 12.1 Å². The summed E-state index contributed by atoms with van der Waals surface area (Å²) in [6.45, 7) is 0.0783. The molecule has 114 valence electrons. The molecule has 0 unspecified atom stereocenters. The molecule has 0 atom stereocenters. The Morgan fingerprint density at radius 2 is 2.00 bits per heavy atom. The summed E-state index contributed by atoms with van der Waals surface area (Å²) in [7, 11) is 3.41. The molecule has 0 fully saturated rings. The molecule has 5 nitrogen and oxygen atoms in total. The lowest BCUT2D eigenvalue weighted by Crippen LogP contribution is -2.47. The van der Waals surface area contributed by atoms with E-state index in [1.165, 1.54) is 6.07 Å². The Bertz CT molecular complexity index is 581. The molecule has 0 bridgehead atoms. The van der Waals surface area contributed by atoms with Gasteiger partial charge in [-0.05, 0) is 25.7 Å². The van der Waals surface area contributed by atoms with Gasteiger partial charge in [0.2, 0.25) is 0 Å². The fourth-order valence-corrected chi connectivity index (χ4v) is 1.99. The zero-order valence-corrected chi connectivity index (χ0v) is 11.6. The van der Waals surface area contributed by atoms with E-state index in [2.05, 4.69) is 15.8 Å². The van der Waals surface area contributed by atoms with Crippen LogP contribution in [0.2, 0.25) is 0 Å². The van der Waals surface area contributed by atoms with Crippen molar-refractivity contribution in [2.45, 2.75) is 12.7 Å². The molecule has 0 saturated heterocycles. The van der Waals surface area contributed by atoms with Gasteiger partial charge in [-0.3, -0.25) is 20.6 Å². The van der Waals surface area contributed by atoms with Crippen LogP contribution in [0.25, 0.3) is 0 Å². The summed E-state index contributed by atoms with van der Waals surface area (Å²) in [6.07, 6.45) is -4.44. The smallest absolute Gasteiger partial charge is 0.305 e. The number of amides is 1. The number of nitrogens with one attached hydrogen (secondary N) is 2. The monoisotopic (exact) mass is 300 g/mol. The van der Waals surface area contributed by atoms with Crippen LogP contribution in [0.5, 0.6) is 0 Å². The van der Waals surface area contributed by atoms with Crippen LogP contribution in [-0.2, 0) is 17.5 Å². The minimum absolute atomic E-state index is 0.108. The van der Waals surface area contributed by atoms with Crippen LogP contribution in [-0.4, -0.2) is 37.3 Å². The fraction of sp³-hybridized carbons (Fsp3) is 0.385. The Balaban J connectivity index is 2.40. The van der Waals surface area contributed by atoms with Gasteiger partial charge < -0.3 is 4.90 Å². The third kappa shape index (κ3) is 3.72. The number of halogens is 3. The summed E-state index contributed by atoms with van der Waals surface area (Å²) >= 11 is 0. The zero-order valence-electron chi connectivity index (χ0n) is 11.6. The molecule has 1 aromatic carbocycles. The van der Waals surface area contributed by atoms with Crippen molar-refractivity contribution in [3.8, 4) is 0 Å². The van der Waals surface area contributed by atoms with E-state index < -0.39 is 11.7 Å². The Hall–Kier alpha value is -2.09. The van der Waals surface area contributed by atoms with Crippen LogP contribution in [0.4, 0.5) is 13.2 Å². The Labute approximate surface area is 119 Å². The van der Waals surface area contributed by atoms with Crippen LogP contribution in [0, 0.1) is 0 Å². The second-order valence-electron chi connectivity index (χ2n) is 4.95. The summed E-state index contributed by atoms with van der Waals surface area (Å²) in [5.41, 5.74) is 4.60. The van der Waals surface area contributed by atoms with Crippen LogP contribution in [0.1, 0.15) is 16.7 Å². The molecule has 1 heterocycles. The minimum Gasteiger partial charge on any atom is -0.305 e. The molecule has 2 N–H and O–H groups in total. The molecule has 2 rings (SSSR count). The number of amidine groups is 1. The molecule has 0 spiro atoms. The van der Waals surface area contributed by atoms with Crippen LogP contribution in [0.15, 0.2) is 23.2 Å². The van der Waals surface area contributed by atoms with E-state index in [1.54, 1.807) is 25.1 Å². The van der Waals surface area contributed by atoms with Crippen molar-refractivity contribution in [1.82, 2.24) is 15.8 Å². The third-order valence-corrected chi connectivity index (χ3v) is 2.88. The van der Waals surface area contributed by atoms with Crippen molar-refractivity contribution in [1.29, 1.82) is 0 Å². The van der Waals surface area contributed by atoms with E-state index in [9.17, 15) is 18.0 Å². The summed E-state index contributed by atoms with van der Waals surface area (Å²) in [4.78, 5) is 16.6. The average molecular weight is 300 g/mol. The van der Waals surface area contributed by atoms with Crippen molar-refractivity contribution < 1.29 is 18.0 Å². The van der Waals surface area contributed by atoms with Crippen molar-refractivity contribution in [2.24, 2.45) is 4.99 Å². The maximum atomic E-state index is 13.2. The molecule has 8 heteroatoms. The largest absolute Gasteiger partial charge is 0.416 e. The number of nitrogens with zero attached hydrogens (tertiary/aromatic N) is 2. The summed E-state index contributed by atoms with van der Waals surface area (Å²) in [5, 5.41) is 0. The molecule has 0 radical (unpaired) electrons. The highest BCUT2D eigenvalue weighted by atomic mass is 19.4. The molecule has 0 aromatic heterocycles. The first-order valence-corrected chi connectivity index (χ1v) is 6.22. The second-order valence-corrected chi connectivity index (χ2v) is 4.95. The molecular formula is C13H15F3N4O. The van der Waals surface area contributed by atoms with Gasteiger partial charge in [0.25, 0.3) is 5.91 Å². The highest BCUT2D eigenvalue weighted by Gasteiger charge is 2.34. The predicted molar refractivity (Wildman–Crippen MR) is 71.5 cm³/mol. The fourth-order valence-electron chi connectivity index (χ4n) is 1.99. The number of carbonyl (C=O) groups is 1. The van der Waals surface area contributed by atoms with Gasteiger partial charge in [0, 0.05) is 12.1 Å². The third-order valence-electron chi connectivity index (χ3n) is 2.88. The number of carbonyl (C=O) groups excluding carboxylic acids is 1. The highest BCUT2D eigenvalue weighted by molar-refractivity contribution is 6.02. The lowest BCUT2D eigenvalue weighted by Gasteiger charge is -2.20. The lowest BCUT2D eigenvalue weighted by atomic mass is 10.0. The van der Waals surface area contributed by atoms with Gasteiger partial charge in [0.05, 0.1) is 5.56 Å². The van der Waals surface area contributed by atoms with Gasteiger partial charge in [-0.25, -0.2) is 0 Å². The molecular weight excluding hydrogens is 285 g/mol. The first-order valence-electron chi connectivity index (χ1n) is 6.22. The number of hydrazine groups is 1. The second kappa shape index (κ2) is 5.72. The van der Waals surface area contributed by atoms with Crippen LogP contribution >= 0.6 is 0 Å². The predicted octanol–water partition coefficient (Wildman–Crippen LogP) is 1.15. The van der Waals surface area contributed by atoms with Gasteiger partial charge in [0.15, 0.2) is 0 Å². The molecule has 0 saturated carbocycles. The number of aliphatic imine (C=N–C) groups is 1. The lowest BCUT2D eigenvalue weighted by molar-refractivity contribution is -0.138. The van der Waals surface area contributed by atoms with Crippen molar-refractivity contribution in [3.05, 3.63) is 34.9 Å². The minimum atomic E-state index is -4.44. The van der Waals surface area contributed by atoms with Gasteiger partial charge in [-0.15, -0.1) is 0 Å². The first kappa shape index (κ1) is 15.3. The molecule has 1 amide bonds. The van der Waals surface area contributed by atoms with Gasteiger partial charge in [0.1, 0.15) is 12.4 Å². The quantitative estimate of drug-likeness (QED) is 0.880. The summed E-state index contributed by atoms with van der Waals surface area (Å²) in [6, 6.07) is 4.03. The maximum Gasteiger partial charge on any atom is 0.416 e. The van der Waals surface area contributed by atoms with Crippen molar-refractivity contribution in [3.63, 3.8) is 0 Å². The molecule has 21 heavy (non-hydrogen) atoms. The van der Waals surface area contributed by atoms with E-state index in [0.29, 0.717) is 0 Å². The first-order chi connectivity index (χ1) is 9.77. The maximum absolute atomic E-state index is 13.2. The Morgan fingerprint density at radius 3 is 2.52 bits per heavy atom. The van der Waals surface area contributed by atoms with Crippen molar-refractivity contribution in [2.75, 3.05) is 20.6 Å². The molecule has 1 aliphatic heterocycles. The number of hydrogen-bond acceptors (Lipinski definition) is 4. The summed E-state index contributed by atoms with van der Waals surface area (Å²) < 4.78 is 39.5. The van der Waals surface area contributed by atoms with E-state index >= 15 is 0 Å². The van der Waals surface area contributed by atoms with E-state index in [-0.39, 0.29) is 36.0 Å². The Kier molecular flexibility index (Phi) is 4.17. The molecule has 0 aliphatic carbocycles.